The first kappa shape index (κ1) is 17.0. The molecular weight excluding hydrogens is 230 g/mol. The van der Waals surface area contributed by atoms with Gasteiger partial charge >= 0.3 is 0 Å². The van der Waals surface area contributed by atoms with Crippen molar-refractivity contribution in [3.63, 3.8) is 0 Å². The first-order valence-electron chi connectivity index (χ1n) is 8.53. The quantitative estimate of drug-likeness (QED) is 0.554. The van der Waals surface area contributed by atoms with Gasteiger partial charge in [0.05, 0.1) is 0 Å². The van der Waals surface area contributed by atoms with Gasteiger partial charge in [-0.3, -0.25) is 0 Å². The summed E-state index contributed by atoms with van der Waals surface area (Å²) >= 11 is 0. The van der Waals surface area contributed by atoms with Crippen molar-refractivity contribution in [1.29, 1.82) is 0 Å². The van der Waals surface area contributed by atoms with E-state index in [-0.39, 0.29) is 0 Å². The molecule has 1 heteroatoms. The number of hydrogen-bond donors (Lipinski definition) is 0. The van der Waals surface area contributed by atoms with Crippen LogP contribution in [-0.2, 0) is 0 Å². The molecule has 0 aromatic carbocycles. The van der Waals surface area contributed by atoms with Crippen molar-refractivity contribution in [2.75, 3.05) is 13.6 Å². The third kappa shape index (κ3) is 4.77. The second-order valence-electron chi connectivity index (χ2n) is 7.71. The Morgan fingerprint density at radius 3 is 2.11 bits per heavy atom. The molecule has 0 bridgehead atoms. The van der Waals surface area contributed by atoms with Gasteiger partial charge in [0.15, 0.2) is 0 Å². The van der Waals surface area contributed by atoms with E-state index in [1.165, 1.54) is 38.6 Å². The Bertz CT molecular complexity index is 254. The lowest BCUT2D eigenvalue weighted by Crippen LogP contribution is -2.32. The molecule has 1 fully saturated rings. The summed E-state index contributed by atoms with van der Waals surface area (Å²) in [5.74, 6) is 3.46. The number of nitrogens with zero attached hydrogens (tertiary/aromatic N) is 1. The van der Waals surface area contributed by atoms with Gasteiger partial charge in [0.1, 0.15) is 0 Å². The SMILES string of the molecule is CCC(C)C(C)C(CCCN(C)C1(C)CC1)C(C)C. The van der Waals surface area contributed by atoms with Crippen LogP contribution in [0.25, 0.3) is 0 Å². The molecule has 1 aliphatic carbocycles. The average molecular weight is 268 g/mol. The lowest BCUT2D eigenvalue weighted by molar-refractivity contribution is 0.168. The molecule has 0 aromatic rings. The minimum Gasteiger partial charge on any atom is -0.301 e. The summed E-state index contributed by atoms with van der Waals surface area (Å²) in [6, 6.07) is 0. The second-order valence-corrected chi connectivity index (χ2v) is 7.71. The monoisotopic (exact) mass is 267 g/mol. The molecule has 0 heterocycles. The Morgan fingerprint density at radius 2 is 1.68 bits per heavy atom. The highest BCUT2D eigenvalue weighted by Gasteiger charge is 2.40. The van der Waals surface area contributed by atoms with Gasteiger partial charge in [-0.05, 0) is 69.9 Å². The Balaban J connectivity index is 2.37. The van der Waals surface area contributed by atoms with E-state index < -0.39 is 0 Å². The molecule has 0 spiro atoms. The largest absolute Gasteiger partial charge is 0.301 e. The molecule has 19 heavy (non-hydrogen) atoms. The normalized spacial score (nSPS) is 22.6. The van der Waals surface area contributed by atoms with Crippen LogP contribution in [0.5, 0.6) is 0 Å². The molecule has 1 aliphatic rings. The van der Waals surface area contributed by atoms with Gasteiger partial charge in [-0.2, -0.15) is 0 Å². The van der Waals surface area contributed by atoms with Crippen molar-refractivity contribution in [3.05, 3.63) is 0 Å². The topological polar surface area (TPSA) is 3.24 Å². The number of hydrogen-bond acceptors (Lipinski definition) is 1. The average Bonchev–Trinajstić information content (AvgIpc) is 3.11. The molecule has 0 N–H and O–H groups in total. The molecule has 0 saturated heterocycles. The molecular formula is C18H37N. The molecule has 0 aliphatic heterocycles. The maximum atomic E-state index is 2.60. The van der Waals surface area contributed by atoms with Crippen LogP contribution in [0.15, 0.2) is 0 Å². The fourth-order valence-corrected chi connectivity index (χ4v) is 3.39. The Labute approximate surface area is 122 Å². The van der Waals surface area contributed by atoms with Gasteiger partial charge in [-0.1, -0.05) is 41.0 Å². The standard InChI is InChI=1S/C18H37N/c1-8-15(4)16(5)17(14(2)3)10-9-13-19(7)18(6)11-12-18/h14-17H,8-13H2,1-7H3. The summed E-state index contributed by atoms with van der Waals surface area (Å²) in [6.07, 6.45) is 6.91. The Kier molecular flexibility index (Phi) is 6.36. The highest BCUT2D eigenvalue weighted by molar-refractivity contribution is 4.98. The summed E-state index contributed by atoms with van der Waals surface area (Å²) < 4.78 is 0. The van der Waals surface area contributed by atoms with Gasteiger partial charge in [0.25, 0.3) is 0 Å². The van der Waals surface area contributed by atoms with E-state index in [0.29, 0.717) is 5.54 Å². The summed E-state index contributed by atoms with van der Waals surface area (Å²) in [5, 5.41) is 0. The molecule has 1 rings (SSSR count). The fourth-order valence-electron chi connectivity index (χ4n) is 3.39. The van der Waals surface area contributed by atoms with Gasteiger partial charge < -0.3 is 4.90 Å². The minimum atomic E-state index is 0.551. The van der Waals surface area contributed by atoms with Crippen molar-refractivity contribution in [1.82, 2.24) is 4.90 Å². The predicted octanol–water partition coefficient (Wildman–Crippen LogP) is 5.21. The van der Waals surface area contributed by atoms with Crippen molar-refractivity contribution in [2.45, 2.75) is 79.2 Å². The van der Waals surface area contributed by atoms with Gasteiger partial charge in [-0.15, -0.1) is 0 Å². The lowest BCUT2D eigenvalue weighted by Gasteiger charge is -2.32. The first-order valence-corrected chi connectivity index (χ1v) is 8.53. The van der Waals surface area contributed by atoms with Crippen LogP contribution < -0.4 is 0 Å². The molecule has 1 nitrogen and oxygen atoms in total. The van der Waals surface area contributed by atoms with Gasteiger partial charge in [-0.25, -0.2) is 0 Å². The summed E-state index contributed by atoms with van der Waals surface area (Å²) in [6.45, 7) is 15.8. The molecule has 3 atom stereocenters. The zero-order chi connectivity index (χ0) is 14.6. The molecule has 114 valence electrons. The summed E-state index contributed by atoms with van der Waals surface area (Å²) in [4.78, 5) is 2.60. The molecule has 1 saturated carbocycles. The van der Waals surface area contributed by atoms with E-state index in [2.05, 4.69) is 53.5 Å². The molecule has 3 unspecified atom stereocenters. The number of rotatable bonds is 9. The van der Waals surface area contributed by atoms with E-state index >= 15 is 0 Å². The maximum Gasteiger partial charge on any atom is 0.0179 e. The van der Waals surface area contributed by atoms with Crippen molar-refractivity contribution >= 4 is 0 Å². The van der Waals surface area contributed by atoms with Crippen LogP contribution in [0.4, 0.5) is 0 Å². The smallest absolute Gasteiger partial charge is 0.0179 e. The third-order valence-corrected chi connectivity index (χ3v) is 6.00. The van der Waals surface area contributed by atoms with Crippen LogP contribution in [0.2, 0.25) is 0 Å². The Morgan fingerprint density at radius 1 is 1.11 bits per heavy atom. The third-order valence-electron chi connectivity index (χ3n) is 6.00. The van der Waals surface area contributed by atoms with Crippen molar-refractivity contribution in [2.24, 2.45) is 23.7 Å². The van der Waals surface area contributed by atoms with Crippen molar-refractivity contribution < 1.29 is 0 Å². The van der Waals surface area contributed by atoms with Crippen LogP contribution in [0.1, 0.15) is 73.6 Å². The highest BCUT2D eigenvalue weighted by atomic mass is 15.2. The van der Waals surface area contributed by atoms with Crippen LogP contribution in [0.3, 0.4) is 0 Å². The molecule has 0 radical (unpaired) electrons. The maximum absolute atomic E-state index is 2.60. The summed E-state index contributed by atoms with van der Waals surface area (Å²) in [7, 11) is 2.31. The zero-order valence-corrected chi connectivity index (χ0v) is 14.5. The van der Waals surface area contributed by atoms with E-state index in [1.807, 2.05) is 0 Å². The second kappa shape index (κ2) is 7.11. The van der Waals surface area contributed by atoms with E-state index in [9.17, 15) is 0 Å². The molecule has 0 amide bonds. The zero-order valence-electron chi connectivity index (χ0n) is 14.5. The Hall–Kier alpha value is -0.0400. The summed E-state index contributed by atoms with van der Waals surface area (Å²) in [5.41, 5.74) is 0.551. The minimum absolute atomic E-state index is 0.551. The van der Waals surface area contributed by atoms with E-state index in [4.69, 9.17) is 0 Å². The fraction of sp³-hybridized carbons (Fsp3) is 1.00. The van der Waals surface area contributed by atoms with E-state index in [0.717, 1.165) is 23.7 Å². The van der Waals surface area contributed by atoms with Crippen LogP contribution in [-0.4, -0.2) is 24.0 Å². The van der Waals surface area contributed by atoms with Crippen molar-refractivity contribution in [3.8, 4) is 0 Å². The highest BCUT2D eigenvalue weighted by Crippen LogP contribution is 2.40. The predicted molar refractivity (Wildman–Crippen MR) is 86.5 cm³/mol. The van der Waals surface area contributed by atoms with Crippen LogP contribution in [0, 0.1) is 23.7 Å². The lowest BCUT2D eigenvalue weighted by atomic mass is 9.74. The molecule has 0 aromatic heterocycles. The first-order chi connectivity index (χ1) is 8.81. The van der Waals surface area contributed by atoms with Gasteiger partial charge in [0, 0.05) is 5.54 Å². The van der Waals surface area contributed by atoms with Gasteiger partial charge in [0.2, 0.25) is 0 Å². The van der Waals surface area contributed by atoms with Crippen LogP contribution >= 0.6 is 0 Å². The van der Waals surface area contributed by atoms with E-state index in [1.54, 1.807) is 0 Å².